The van der Waals surface area contributed by atoms with Crippen LogP contribution in [-0.4, -0.2) is 28.9 Å². The maximum absolute atomic E-state index is 12.9. The molecule has 0 saturated carbocycles. The fourth-order valence-electron chi connectivity index (χ4n) is 2.94. The van der Waals surface area contributed by atoms with E-state index in [0.29, 0.717) is 28.4 Å². The number of nitrogens with zero attached hydrogens (tertiary/aromatic N) is 2. The minimum absolute atomic E-state index is 0.110. The van der Waals surface area contributed by atoms with E-state index in [1.165, 1.54) is 12.6 Å². The molecule has 0 spiro atoms. The molecule has 4 rings (SSSR count). The van der Waals surface area contributed by atoms with E-state index < -0.39 is 5.91 Å². The van der Waals surface area contributed by atoms with Crippen molar-refractivity contribution in [3.8, 4) is 17.1 Å². The third-order valence-electron chi connectivity index (χ3n) is 4.44. The number of aromatic nitrogens is 2. The standard InChI is InChI=1S/C23H18N4O4/c1-30-16-8-6-7-15(13-16)21-20(25-14-31-21)23(29)27-18-10-3-2-9-17(18)26-22(28)19-11-4-5-12-24-19/h2-14H,1H3,(H,26,28)(H,27,29). The van der Waals surface area contributed by atoms with Crippen LogP contribution in [0, 0.1) is 0 Å². The Morgan fingerprint density at radius 1 is 0.871 bits per heavy atom. The topological polar surface area (TPSA) is 106 Å². The van der Waals surface area contributed by atoms with Crippen molar-refractivity contribution in [1.82, 2.24) is 9.97 Å². The Balaban J connectivity index is 1.57. The van der Waals surface area contributed by atoms with Gasteiger partial charge >= 0.3 is 0 Å². The third-order valence-corrected chi connectivity index (χ3v) is 4.44. The number of pyridine rings is 1. The van der Waals surface area contributed by atoms with Crippen LogP contribution in [0.1, 0.15) is 21.0 Å². The number of benzene rings is 2. The molecular formula is C23H18N4O4. The van der Waals surface area contributed by atoms with Crippen LogP contribution < -0.4 is 15.4 Å². The van der Waals surface area contributed by atoms with Crippen molar-refractivity contribution in [2.24, 2.45) is 0 Å². The van der Waals surface area contributed by atoms with Gasteiger partial charge < -0.3 is 19.8 Å². The molecule has 2 amide bonds. The molecule has 8 heteroatoms. The van der Waals surface area contributed by atoms with Crippen LogP contribution in [0.4, 0.5) is 11.4 Å². The Bertz CT molecular complexity index is 1220. The molecule has 0 fully saturated rings. The van der Waals surface area contributed by atoms with Gasteiger partial charge in [0, 0.05) is 11.8 Å². The van der Waals surface area contributed by atoms with Crippen molar-refractivity contribution in [2.75, 3.05) is 17.7 Å². The van der Waals surface area contributed by atoms with Gasteiger partial charge in [-0.3, -0.25) is 14.6 Å². The predicted octanol–water partition coefficient (Wildman–Crippen LogP) is 4.25. The zero-order valence-electron chi connectivity index (χ0n) is 16.5. The minimum Gasteiger partial charge on any atom is -0.497 e. The van der Waals surface area contributed by atoms with Crippen LogP contribution in [0.2, 0.25) is 0 Å². The lowest BCUT2D eigenvalue weighted by atomic mass is 10.1. The monoisotopic (exact) mass is 414 g/mol. The number of nitrogens with one attached hydrogen (secondary N) is 2. The van der Waals surface area contributed by atoms with Crippen molar-refractivity contribution in [3.63, 3.8) is 0 Å². The van der Waals surface area contributed by atoms with Gasteiger partial charge in [0.1, 0.15) is 11.4 Å². The summed E-state index contributed by atoms with van der Waals surface area (Å²) in [7, 11) is 1.56. The molecular weight excluding hydrogens is 396 g/mol. The van der Waals surface area contributed by atoms with Gasteiger partial charge in [0.2, 0.25) is 0 Å². The molecule has 0 unspecified atom stereocenters. The zero-order chi connectivity index (χ0) is 21.6. The number of hydrogen-bond donors (Lipinski definition) is 2. The first-order valence-electron chi connectivity index (χ1n) is 9.36. The van der Waals surface area contributed by atoms with Crippen LogP contribution in [0.15, 0.2) is 83.7 Å². The maximum atomic E-state index is 12.9. The normalized spacial score (nSPS) is 10.4. The smallest absolute Gasteiger partial charge is 0.278 e. The number of oxazole rings is 1. The highest BCUT2D eigenvalue weighted by Gasteiger charge is 2.20. The van der Waals surface area contributed by atoms with Gasteiger partial charge in [-0.05, 0) is 36.4 Å². The Kier molecular flexibility index (Phi) is 5.70. The van der Waals surface area contributed by atoms with E-state index in [-0.39, 0.29) is 17.3 Å². The summed E-state index contributed by atoms with van der Waals surface area (Å²) in [6.07, 6.45) is 2.74. The Hall–Kier alpha value is -4.46. The molecule has 0 bridgehead atoms. The summed E-state index contributed by atoms with van der Waals surface area (Å²) in [5.74, 6) is 0.0705. The van der Waals surface area contributed by atoms with Crippen molar-refractivity contribution < 1.29 is 18.7 Å². The Morgan fingerprint density at radius 2 is 1.61 bits per heavy atom. The van der Waals surface area contributed by atoms with Crippen molar-refractivity contribution in [3.05, 3.63) is 90.7 Å². The number of methoxy groups -OCH3 is 1. The number of para-hydroxylation sites is 2. The van der Waals surface area contributed by atoms with E-state index in [1.54, 1.807) is 73.8 Å². The molecule has 2 N–H and O–H groups in total. The molecule has 31 heavy (non-hydrogen) atoms. The van der Waals surface area contributed by atoms with Crippen molar-refractivity contribution in [2.45, 2.75) is 0 Å². The second-order valence-corrected chi connectivity index (χ2v) is 6.43. The molecule has 8 nitrogen and oxygen atoms in total. The van der Waals surface area contributed by atoms with Gasteiger partial charge in [-0.25, -0.2) is 4.98 Å². The number of carbonyl (C=O) groups excluding carboxylic acids is 2. The van der Waals surface area contributed by atoms with E-state index in [0.717, 1.165) is 0 Å². The largest absolute Gasteiger partial charge is 0.497 e. The second-order valence-electron chi connectivity index (χ2n) is 6.43. The van der Waals surface area contributed by atoms with Crippen molar-refractivity contribution >= 4 is 23.2 Å². The molecule has 0 atom stereocenters. The third kappa shape index (κ3) is 4.43. The number of carbonyl (C=O) groups is 2. The lowest BCUT2D eigenvalue weighted by Gasteiger charge is -2.12. The molecule has 0 aliphatic rings. The Morgan fingerprint density at radius 3 is 2.32 bits per heavy atom. The molecule has 0 radical (unpaired) electrons. The summed E-state index contributed by atoms with van der Waals surface area (Å²) in [6, 6.07) is 19.0. The second kappa shape index (κ2) is 8.91. The molecule has 0 aliphatic heterocycles. The molecule has 2 aromatic heterocycles. The summed E-state index contributed by atoms with van der Waals surface area (Å²) < 4.78 is 10.7. The molecule has 0 aliphatic carbocycles. The van der Waals surface area contributed by atoms with Crippen LogP contribution in [0.5, 0.6) is 5.75 Å². The zero-order valence-corrected chi connectivity index (χ0v) is 16.5. The van der Waals surface area contributed by atoms with Gasteiger partial charge in [-0.15, -0.1) is 0 Å². The van der Waals surface area contributed by atoms with Gasteiger partial charge in [0.05, 0.1) is 18.5 Å². The van der Waals surface area contributed by atoms with Crippen molar-refractivity contribution in [1.29, 1.82) is 0 Å². The van der Waals surface area contributed by atoms with E-state index in [2.05, 4.69) is 20.6 Å². The SMILES string of the molecule is COc1cccc(-c2ocnc2C(=O)Nc2ccccc2NC(=O)c2ccccn2)c1. The highest BCUT2D eigenvalue weighted by molar-refractivity contribution is 6.10. The fraction of sp³-hybridized carbons (Fsp3) is 0.0435. The predicted molar refractivity (Wildman–Crippen MR) is 115 cm³/mol. The number of rotatable bonds is 6. The first kappa shape index (κ1) is 19.8. The highest BCUT2D eigenvalue weighted by Crippen LogP contribution is 2.28. The number of anilines is 2. The average Bonchev–Trinajstić information content (AvgIpc) is 3.31. The summed E-state index contributed by atoms with van der Waals surface area (Å²) in [5, 5.41) is 5.54. The number of hydrogen-bond acceptors (Lipinski definition) is 6. The van der Waals surface area contributed by atoms with Gasteiger partial charge in [-0.2, -0.15) is 0 Å². The highest BCUT2D eigenvalue weighted by atomic mass is 16.5. The lowest BCUT2D eigenvalue weighted by molar-refractivity contribution is 0.101. The summed E-state index contributed by atoms with van der Waals surface area (Å²) >= 11 is 0. The summed E-state index contributed by atoms with van der Waals surface area (Å²) in [4.78, 5) is 33.5. The molecule has 0 saturated heterocycles. The fourth-order valence-corrected chi connectivity index (χ4v) is 2.94. The van der Waals surface area contributed by atoms with E-state index in [1.807, 2.05) is 0 Å². The van der Waals surface area contributed by atoms with Crippen LogP contribution in [-0.2, 0) is 0 Å². The van der Waals surface area contributed by atoms with Gasteiger partial charge in [0.15, 0.2) is 17.8 Å². The maximum Gasteiger partial charge on any atom is 0.278 e. The van der Waals surface area contributed by atoms with E-state index in [4.69, 9.17) is 9.15 Å². The number of amides is 2. The van der Waals surface area contributed by atoms with Gasteiger partial charge in [0.25, 0.3) is 11.8 Å². The van der Waals surface area contributed by atoms with E-state index >= 15 is 0 Å². The molecule has 2 aromatic carbocycles. The Labute approximate surface area is 177 Å². The first-order valence-corrected chi connectivity index (χ1v) is 9.36. The minimum atomic E-state index is -0.480. The molecule has 2 heterocycles. The molecule has 154 valence electrons. The van der Waals surface area contributed by atoms with E-state index in [9.17, 15) is 9.59 Å². The quantitative estimate of drug-likeness (QED) is 0.489. The van der Waals surface area contributed by atoms with Crippen LogP contribution in [0.25, 0.3) is 11.3 Å². The first-order chi connectivity index (χ1) is 15.2. The lowest BCUT2D eigenvalue weighted by Crippen LogP contribution is -2.18. The summed E-state index contributed by atoms with van der Waals surface area (Å²) in [6.45, 7) is 0. The average molecular weight is 414 g/mol. The number of ether oxygens (including phenoxy) is 1. The van der Waals surface area contributed by atoms with Crippen LogP contribution >= 0.6 is 0 Å². The van der Waals surface area contributed by atoms with Crippen LogP contribution in [0.3, 0.4) is 0 Å². The summed E-state index contributed by atoms with van der Waals surface area (Å²) in [5.41, 5.74) is 1.87. The van der Waals surface area contributed by atoms with Gasteiger partial charge in [-0.1, -0.05) is 30.3 Å². The molecule has 4 aromatic rings.